The van der Waals surface area contributed by atoms with Crippen LogP contribution in [0.4, 0.5) is 0 Å². The molecule has 0 bridgehead atoms. The number of aryl methyl sites for hydroxylation is 1. The predicted octanol–water partition coefficient (Wildman–Crippen LogP) is 6.52. The van der Waals surface area contributed by atoms with Crippen molar-refractivity contribution >= 4 is 45.1 Å². The van der Waals surface area contributed by atoms with Crippen LogP contribution in [0, 0.1) is 5.41 Å². The number of hydrogen-bond acceptors (Lipinski definition) is 6. The minimum absolute atomic E-state index is 0.00919. The zero-order valence-electron chi connectivity index (χ0n) is 27.2. The lowest BCUT2D eigenvalue weighted by Crippen LogP contribution is -2.30. The van der Waals surface area contributed by atoms with E-state index in [0.29, 0.717) is 35.8 Å². The van der Waals surface area contributed by atoms with Gasteiger partial charge in [-0.1, -0.05) is 46.5 Å². The zero-order valence-corrected chi connectivity index (χ0v) is 29.4. The van der Waals surface area contributed by atoms with Crippen molar-refractivity contribution < 1.29 is 14.0 Å². The third-order valence-electron chi connectivity index (χ3n) is 7.07. The Morgan fingerprint density at radius 1 is 1.17 bits per heavy atom. The van der Waals surface area contributed by atoms with E-state index in [-0.39, 0.29) is 23.5 Å². The fourth-order valence-electron chi connectivity index (χ4n) is 5.00. The Bertz CT molecular complexity index is 1560. The third-order valence-corrected chi connectivity index (χ3v) is 9.59. The van der Waals surface area contributed by atoms with E-state index in [9.17, 15) is 4.79 Å². The number of benzene rings is 1. The molecule has 0 radical (unpaired) electrons. The Balaban J connectivity index is 1.80. The summed E-state index contributed by atoms with van der Waals surface area (Å²) in [5.41, 5.74) is 5.03. The number of nitrogens with one attached hydrogen (secondary N) is 1. The fourth-order valence-corrected chi connectivity index (χ4v) is 6.87. The molecule has 3 heterocycles. The second-order valence-electron chi connectivity index (χ2n) is 14.1. The maximum Gasteiger partial charge on any atom is 0.255 e. The number of carbonyl (C=O) groups excluding carboxylic acids is 1. The molecule has 4 rings (SSSR count). The second kappa shape index (κ2) is 12.4. The van der Waals surface area contributed by atoms with Gasteiger partial charge in [-0.2, -0.15) is 5.10 Å². The highest BCUT2D eigenvalue weighted by atomic mass is 28.3. The van der Waals surface area contributed by atoms with E-state index in [2.05, 4.69) is 77.0 Å². The Morgan fingerprint density at radius 3 is 2.50 bits per heavy atom. The zero-order chi connectivity index (χ0) is 31.0. The van der Waals surface area contributed by atoms with Crippen molar-refractivity contribution in [2.75, 3.05) is 6.61 Å². The molecule has 0 aliphatic heterocycles. The molecule has 9 nitrogen and oxygen atoms in total. The smallest absolute Gasteiger partial charge is 0.255 e. The summed E-state index contributed by atoms with van der Waals surface area (Å²) in [5.74, 6) is -0.182. The van der Waals surface area contributed by atoms with Crippen molar-refractivity contribution in [2.24, 2.45) is 12.5 Å². The molecule has 1 amide bonds. The van der Waals surface area contributed by atoms with Gasteiger partial charge in [0.15, 0.2) is 14.7 Å². The van der Waals surface area contributed by atoms with Crippen LogP contribution in [0.5, 0.6) is 0 Å². The van der Waals surface area contributed by atoms with Gasteiger partial charge in [0.05, 0.1) is 23.4 Å². The number of rotatable bonds is 11. The van der Waals surface area contributed by atoms with E-state index in [0.717, 1.165) is 28.2 Å². The minimum atomic E-state index is -1.29. The molecule has 0 fully saturated rings. The average molecular weight is 609 g/mol. The van der Waals surface area contributed by atoms with E-state index in [1.54, 1.807) is 12.4 Å². The number of ether oxygens (including phenoxy) is 1. The van der Waals surface area contributed by atoms with Gasteiger partial charge >= 0.3 is 0 Å². The van der Waals surface area contributed by atoms with Crippen LogP contribution >= 0.6 is 0 Å². The van der Waals surface area contributed by atoms with Gasteiger partial charge < -0.3 is 19.0 Å². The molecule has 0 aliphatic carbocycles. The number of aromatic nitrogens is 5. The Kier molecular flexibility index (Phi) is 9.46. The molecule has 0 saturated heterocycles. The Hall–Kier alpha value is -2.87. The van der Waals surface area contributed by atoms with E-state index in [1.807, 2.05) is 30.1 Å². The molecule has 1 unspecified atom stereocenters. The lowest BCUT2D eigenvalue weighted by atomic mass is 9.84. The van der Waals surface area contributed by atoms with Crippen LogP contribution in [0.3, 0.4) is 0 Å². The van der Waals surface area contributed by atoms with Gasteiger partial charge in [-0.05, 0) is 56.1 Å². The van der Waals surface area contributed by atoms with Gasteiger partial charge in [0.25, 0.3) is 5.91 Å². The first-order valence-electron chi connectivity index (χ1n) is 14.9. The van der Waals surface area contributed by atoms with E-state index in [4.69, 9.17) is 24.2 Å². The van der Waals surface area contributed by atoms with Crippen LogP contribution < -0.4 is 5.32 Å². The van der Waals surface area contributed by atoms with Crippen molar-refractivity contribution in [2.45, 2.75) is 92.3 Å². The number of hydrogen-bond donors (Lipinski definition) is 1. The molecular formula is C31H48N6O3Si2. The van der Waals surface area contributed by atoms with Gasteiger partial charge in [0.2, 0.25) is 0 Å². The molecule has 3 aromatic heterocycles. The highest BCUT2D eigenvalue weighted by Gasteiger charge is 2.29. The number of amides is 1. The van der Waals surface area contributed by atoms with Crippen molar-refractivity contribution in [1.29, 1.82) is 0 Å². The van der Waals surface area contributed by atoms with E-state index < -0.39 is 17.1 Å². The summed E-state index contributed by atoms with van der Waals surface area (Å²) < 4.78 is 16.3. The molecule has 11 heteroatoms. The van der Waals surface area contributed by atoms with Crippen molar-refractivity contribution in [3.63, 3.8) is 0 Å². The summed E-state index contributed by atoms with van der Waals surface area (Å²) >= 11 is 0. The lowest BCUT2D eigenvalue weighted by Gasteiger charge is -2.33. The van der Waals surface area contributed by atoms with Gasteiger partial charge in [-0.3, -0.25) is 9.48 Å². The number of carbonyl (C=O) groups is 1. The predicted molar refractivity (Wildman–Crippen MR) is 176 cm³/mol. The summed E-state index contributed by atoms with van der Waals surface area (Å²) in [5, 5.41) is 8.85. The summed E-state index contributed by atoms with van der Waals surface area (Å²) in [6.45, 7) is 22.9. The van der Waals surface area contributed by atoms with Crippen LogP contribution in [0.25, 0.3) is 33.5 Å². The second-order valence-corrected chi connectivity index (χ2v) is 22.1. The topological polar surface area (TPSA) is 96.1 Å². The average Bonchev–Trinajstić information content (AvgIpc) is 3.40. The summed E-state index contributed by atoms with van der Waals surface area (Å²) in [6, 6.07) is 7.49. The maximum absolute atomic E-state index is 13.3. The first-order chi connectivity index (χ1) is 19.5. The molecule has 0 saturated carbocycles. The molecular weight excluding hydrogens is 561 g/mol. The van der Waals surface area contributed by atoms with Gasteiger partial charge in [-0.25, -0.2) is 9.97 Å². The highest BCUT2D eigenvalue weighted by molar-refractivity contribution is 6.76. The van der Waals surface area contributed by atoms with E-state index in [1.165, 1.54) is 0 Å². The molecule has 1 atom stereocenters. The lowest BCUT2D eigenvalue weighted by molar-refractivity contribution is 0.0867. The first kappa shape index (κ1) is 32.1. The van der Waals surface area contributed by atoms with Crippen LogP contribution in [-0.4, -0.2) is 60.0 Å². The summed E-state index contributed by atoms with van der Waals surface area (Å²) in [6.07, 6.45) is 3.52. The van der Waals surface area contributed by atoms with E-state index >= 15 is 0 Å². The molecule has 1 N–H and O–H groups in total. The normalized spacial score (nSPS) is 13.5. The largest absolute Gasteiger partial charge is 0.413 e. The van der Waals surface area contributed by atoms with Crippen molar-refractivity contribution in [3.8, 4) is 11.4 Å². The maximum atomic E-state index is 13.3. The Labute approximate surface area is 252 Å². The molecule has 228 valence electrons. The van der Waals surface area contributed by atoms with Crippen LogP contribution in [-0.2, 0) is 22.9 Å². The molecule has 1 aromatic carbocycles. The molecule has 0 spiro atoms. The van der Waals surface area contributed by atoms with Gasteiger partial charge in [0.1, 0.15) is 23.6 Å². The quantitative estimate of drug-likeness (QED) is 0.154. The monoisotopic (exact) mass is 608 g/mol. The summed E-state index contributed by atoms with van der Waals surface area (Å²) in [7, 11) is -0.571. The van der Waals surface area contributed by atoms with Gasteiger partial charge in [0, 0.05) is 39.4 Å². The van der Waals surface area contributed by atoms with Crippen molar-refractivity contribution in [1.82, 2.24) is 29.6 Å². The molecule has 42 heavy (non-hydrogen) atoms. The SMILES string of the molecule is CC(C)NC(=O)c1cn(COCC[Si](C)(C)C)c2ncc(-c3nn(C)c4ccc(C(O[SiH](C)C)C(C)(C)C)cc34)nc12. The Morgan fingerprint density at radius 2 is 1.88 bits per heavy atom. The molecule has 4 aromatic rings. The standard InChI is InChI=1S/C31H48N6O3Si2/c1-20(2)33-30(38)23-18-37(19-39-14-15-42(9,10)11)29-27(23)34-24(17-32-29)26-22-16-21(12-13-25(22)36(6)35-26)28(31(3,4)5)40-41(7)8/h12-13,16-18,20,28,41H,14-15,19H2,1-11H3,(H,33,38). The van der Waals surface area contributed by atoms with Crippen molar-refractivity contribution in [3.05, 3.63) is 41.7 Å². The minimum Gasteiger partial charge on any atom is -0.413 e. The number of fused-ring (bicyclic) bond motifs is 2. The molecule has 0 aliphatic rings. The first-order valence-corrected chi connectivity index (χ1v) is 21.4. The number of nitrogens with zero attached hydrogens (tertiary/aromatic N) is 5. The summed E-state index contributed by atoms with van der Waals surface area (Å²) in [4.78, 5) is 23.1. The van der Waals surface area contributed by atoms with Crippen LogP contribution in [0.2, 0.25) is 38.8 Å². The highest BCUT2D eigenvalue weighted by Crippen LogP contribution is 2.39. The van der Waals surface area contributed by atoms with Crippen LogP contribution in [0.15, 0.2) is 30.6 Å². The van der Waals surface area contributed by atoms with Gasteiger partial charge in [-0.15, -0.1) is 0 Å². The van der Waals surface area contributed by atoms with Crippen LogP contribution in [0.1, 0.15) is 56.6 Å². The fraction of sp³-hybridized carbons (Fsp3) is 0.548. The third kappa shape index (κ3) is 7.37.